The van der Waals surface area contributed by atoms with Gasteiger partial charge in [0.1, 0.15) is 11.1 Å². The van der Waals surface area contributed by atoms with Crippen molar-refractivity contribution < 1.29 is 9.59 Å². The van der Waals surface area contributed by atoms with Gasteiger partial charge in [-0.05, 0) is 30.0 Å². The molecule has 0 spiro atoms. The molecule has 0 aliphatic heterocycles. The summed E-state index contributed by atoms with van der Waals surface area (Å²) in [5, 5.41) is 14.3. The molecule has 0 unspecified atom stereocenters. The van der Waals surface area contributed by atoms with Crippen LogP contribution in [0.3, 0.4) is 0 Å². The quantitative estimate of drug-likeness (QED) is 0.864. The number of hydrogen-bond donors (Lipinski definition) is 1. The van der Waals surface area contributed by atoms with Crippen molar-refractivity contribution in [3.8, 4) is 6.07 Å². The third kappa shape index (κ3) is 3.86. The van der Waals surface area contributed by atoms with Gasteiger partial charge in [-0.1, -0.05) is 6.07 Å². The Hall–Kier alpha value is -2.43. The molecule has 0 aromatic carbocycles. The summed E-state index contributed by atoms with van der Waals surface area (Å²) in [7, 11) is 3.30. The maximum Gasteiger partial charge on any atom is 0.263 e. The molecule has 2 aromatic rings. The zero-order valence-electron chi connectivity index (χ0n) is 12.9. The monoisotopic (exact) mass is 345 g/mol. The highest BCUT2D eigenvalue weighted by Crippen LogP contribution is 2.33. The largest absolute Gasteiger partial charge is 0.344 e. The number of nitrogens with zero attached hydrogens (tertiary/aromatic N) is 2. The second-order valence-corrected chi connectivity index (χ2v) is 6.91. The van der Waals surface area contributed by atoms with Crippen molar-refractivity contribution in [2.24, 2.45) is 0 Å². The van der Waals surface area contributed by atoms with Gasteiger partial charge >= 0.3 is 0 Å². The van der Waals surface area contributed by atoms with Crippen molar-refractivity contribution in [2.45, 2.75) is 6.92 Å². The van der Waals surface area contributed by atoms with E-state index in [1.165, 1.54) is 22.3 Å². The molecule has 0 fully saturated rings. The molecule has 0 saturated heterocycles. The normalized spacial score (nSPS) is 10.5. The van der Waals surface area contributed by atoms with E-state index in [2.05, 4.69) is 11.4 Å². The molecule has 2 aromatic heterocycles. The predicted octanol–water partition coefficient (Wildman–Crippen LogP) is 3.34. The van der Waals surface area contributed by atoms with Crippen molar-refractivity contribution in [1.29, 1.82) is 5.26 Å². The SMILES string of the molecule is Cc1c(C(=O)N(C)C)sc(NC(=O)C=Cc2cccs2)c1C#N. The van der Waals surface area contributed by atoms with Crippen LogP contribution >= 0.6 is 22.7 Å². The Morgan fingerprint density at radius 3 is 2.70 bits per heavy atom. The molecule has 5 nitrogen and oxygen atoms in total. The first-order valence-corrected chi connectivity index (χ1v) is 8.41. The molecule has 1 N–H and O–H groups in total. The summed E-state index contributed by atoms with van der Waals surface area (Å²) in [4.78, 5) is 27.0. The summed E-state index contributed by atoms with van der Waals surface area (Å²) < 4.78 is 0. The first-order chi connectivity index (χ1) is 10.9. The molecule has 0 saturated carbocycles. The van der Waals surface area contributed by atoms with Crippen LogP contribution in [0.4, 0.5) is 5.00 Å². The second kappa shape index (κ2) is 7.22. The highest BCUT2D eigenvalue weighted by Gasteiger charge is 2.21. The number of nitrogens with one attached hydrogen (secondary N) is 1. The van der Waals surface area contributed by atoms with E-state index in [4.69, 9.17) is 0 Å². The number of anilines is 1. The fraction of sp³-hybridized carbons (Fsp3) is 0.188. The third-order valence-electron chi connectivity index (χ3n) is 3.04. The van der Waals surface area contributed by atoms with Gasteiger partial charge in [-0.3, -0.25) is 9.59 Å². The molecule has 0 atom stereocenters. The highest BCUT2D eigenvalue weighted by molar-refractivity contribution is 7.18. The minimum absolute atomic E-state index is 0.182. The van der Waals surface area contributed by atoms with Crippen LogP contribution in [0.25, 0.3) is 6.08 Å². The summed E-state index contributed by atoms with van der Waals surface area (Å²) in [5.41, 5.74) is 0.923. The summed E-state index contributed by atoms with van der Waals surface area (Å²) in [5.74, 6) is -0.515. The van der Waals surface area contributed by atoms with Gasteiger partial charge in [0, 0.05) is 25.0 Å². The van der Waals surface area contributed by atoms with Crippen LogP contribution in [0.1, 0.15) is 25.7 Å². The van der Waals surface area contributed by atoms with E-state index in [1.54, 1.807) is 27.1 Å². The number of rotatable bonds is 4. The number of thiophene rings is 2. The van der Waals surface area contributed by atoms with Crippen LogP contribution in [0.5, 0.6) is 0 Å². The number of nitriles is 1. The first kappa shape index (κ1) is 16.9. The van der Waals surface area contributed by atoms with Crippen LogP contribution in [-0.4, -0.2) is 30.8 Å². The van der Waals surface area contributed by atoms with Crippen molar-refractivity contribution in [3.05, 3.63) is 44.5 Å². The lowest BCUT2D eigenvalue weighted by Crippen LogP contribution is -2.21. The van der Waals surface area contributed by atoms with Gasteiger partial charge in [0.2, 0.25) is 5.91 Å². The highest BCUT2D eigenvalue weighted by atomic mass is 32.1. The summed E-state index contributed by atoms with van der Waals surface area (Å²) in [6.07, 6.45) is 3.12. The van der Waals surface area contributed by atoms with Crippen LogP contribution < -0.4 is 5.32 Å². The molecule has 23 heavy (non-hydrogen) atoms. The number of carbonyl (C=O) groups is 2. The minimum atomic E-state index is -0.333. The standard InChI is InChI=1S/C16H15N3O2S2/c1-10-12(9-17)15(23-14(10)16(21)19(2)3)18-13(20)7-6-11-5-4-8-22-11/h4-8H,1-3H3,(H,18,20). The number of carbonyl (C=O) groups excluding carboxylic acids is 2. The number of amides is 2. The molecule has 0 radical (unpaired) electrons. The van der Waals surface area contributed by atoms with E-state index in [9.17, 15) is 14.9 Å². The molecular weight excluding hydrogens is 330 g/mol. The maximum absolute atomic E-state index is 12.1. The Balaban J connectivity index is 2.23. The van der Waals surface area contributed by atoms with Crippen molar-refractivity contribution in [1.82, 2.24) is 4.90 Å². The van der Waals surface area contributed by atoms with Crippen LogP contribution in [0, 0.1) is 18.3 Å². The van der Waals surface area contributed by atoms with E-state index in [0.29, 0.717) is 21.0 Å². The average Bonchev–Trinajstić information content (AvgIpc) is 3.12. The fourth-order valence-corrected chi connectivity index (χ4v) is 3.64. The maximum atomic E-state index is 12.1. The van der Waals surface area contributed by atoms with Gasteiger partial charge in [0.05, 0.1) is 10.4 Å². The second-order valence-electron chi connectivity index (χ2n) is 4.91. The Bertz CT molecular complexity index is 796. The third-order valence-corrected chi connectivity index (χ3v) is 5.07. The minimum Gasteiger partial charge on any atom is -0.344 e. The van der Waals surface area contributed by atoms with Gasteiger partial charge in [0.15, 0.2) is 0 Å². The molecule has 0 bridgehead atoms. The van der Waals surface area contributed by atoms with E-state index >= 15 is 0 Å². The lowest BCUT2D eigenvalue weighted by Gasteiger charge is -2.08. The van der Waals surface area contributed by atoms with Gasteiger partial charge in [-0.15, -0.1) is 22.7 Å². The van der Waals surface area contributed by atoms with Gasteiger partial charge in [0.25, 0.3) is 5.91 Å². The van der Waals surface area contributed by atoms with E-state index < -0.39 is 0 Å². The van der Waals surface area contributed by atoms with Crippen molar-refractivity contribution in [2.75, 3.05) is 19.4 Å². The van der Waals surface area contributed by atoms with Crippen LogP contribution in [-0.2, 0) is 4.79 Å². The van der Waals surface area contributed by atoms with E-state index in [0.717, 1.165) is 16.2 Å². The molecule has 2 rings (SSSR count). The van der Waals surface area contributed by atoms with Gasteiger partial charge in [-0.25, -0.2) is 0 Å². The van der Waals surface area contributed by atoms with E-state index in [-0.39, 0.29) is 11.8 Å². The first-order valence-electron chi connectivity index (χ1n) is 6.71. The Kier molecular flexibility index (Phi) is 5.32. The molecular formula is C16H15N3O2S2. The molecule has 7 heteroatoms. The molecule has 118 valence electrons. The summed E-state index contributed by atoms with van der Waals surface area (Å²) in [6, 6.07) is 5.86. The fourth-order valence-electron chi connectivity index (χ4n) is 1.84. The average molecular weight is 345 g/mol. The number of hydrogen-bond acceptors (Lipinski definition) is 5. The Morgan fingerprint density at radius 2 is 2.13 bits per heavy atom. The lowest BCUT2D eigenvalue weighted by molar-refractivity contribution is -0.111. The van der Waals surface area contributed by atoms with Crippen molar-refractivity contribution >= 4 is 45.6 Å². The lowest BCUT2D eigenvalue weighted by atomic mass is 10.1. The molecule has 2 heterocycles. The predicted molar refractivity (Wildman–Crippen MR) is 93.8 cm³/mol. The topological polar surface area (TPSA) is 73.2 Å². The Morgan fingerprint density at radius 1 is 1.39 bits per heavy atom. The smallest absolute Gasteiger partial charge is 0.263 e. The molecule has 0 aliphatic rings. The molecule has 2 amide bonds. The van der Waals surface area contributed by atoms with Gasteiger partial charge < -0.3 is 10.2 Å². The summed E-state index contributed by atoms with van der Waals surface area (Å²) >= 11 is 2.65. The molecule has 0 aliphatic carbocycles. The summed E-state index contributed by atoms with van der Waals surface area (Å²) in [6.45, 7) is 1.71. The Labute approximate surface area is 142 Å². The van der Waals surface area contributed by atoms with Crippen LogP contribution in [0.2, 0.25) is 0 Å². The van der Waals surface area contributed by atoms with Gasteiger partial charge in [-0.2, -0.15) is 5.26 Å². The van der Waals surface area contributed by atoms with Crippen molar-refractivity contribution in [3.63, 3.8) is 0 Å². The zero-order chi connectivity index (χ0) is 17.0. The van der Waals surface area contributed by atoms with Crippen LogP contribution in [0.15, 0.2) is 23.6 Å². The zero-order valence-corrected chi connectivity index (χ0v) is 14.5. The van der Waals surface area contributed by atoms with E-state index in [1.807, 2.05) is 17.5 Å².